The van der Waals surface area contributed by atoms with Gasteiger partial charge in [-0.05, 0) is 49.6 Å². The molecule has 0 radical (unpaired) electrons. The van der Waals surface area contributed by atoms with Crippen LogP contribution in [0.15, 0.2) is 36.4 Å². The summed E-state index contributed by atoms with van der Waals surface area (Å²) in [6.07, 6.45) is 3.89. The molecule has 2 aromatic carbocycles. The van der Waals surface area contributed by atoms with Gasteiger partial charge < -0.3 is 31.1 Å². The highest BCUT2D eigenvalue weighted by atomic mass is 35.5. The van der Waals surface area contributed by atoms with Gasteiger partial charge in [-0.2, -0.15) is 0 Å². The molecule has 2 aliphatic rings. The van der Waals surface area contributed by atoms with Crippen LogP contribution in [0.1, 0.15) is 38.5 Å². The minimum absolute atomic E-state index is 0.0311. The number of ether oxygens (including phenoxy) is 1. The molecule has 2 aromatic rings. The number of rotatable bonds is 9. The van der Waals surface area contributed by atoms with Crippen molar-refractivity contribution in [3.8, 4) is 5.75 Å². The number of halogens is 3. The van der Waals surface area contributed by atoms with Crippen molar-refractivity contribution >= 4 is 46.4 Å². The van der Waals surface area contributed by atoms with E-state index in [9.17, 15) is 19.1 Å². The molecule has 1 fully saturated rings. The van der Waals surface area contributed by atoms with Crippen molar-refractivity contribution in [2.45, 2.75) is 56.2 Å². The fourth-order valence-corrected chi connectivity index (χ4v) is 5.16. The monoisotopic (exact) mass is 552 g/mol. The Bertz CT molecular complexity index is 1130. The molecule has 0 saturated heterocycles. The van der Waals surface area contributed by atoms with Crippen molar-refractivity contribution in [3.05, 3.63) is 52.3 Å². The summed E-state index contributed by atoms with van der Waals surface area (Å²) in [4.78, 5) is 25.4. The van der Waals surface area contributed by atoms with E-state index in [4.69, 9.17) is 27.9 Å². The second-order valence-corrected chi connectivity index (χ2v) is 10.4. The summed E-state index contributed by atoms with van der Waals surface area (Å²) in [7, 11) is 0. The highest BCUT2D eigenvalue weighted by Gasteiger charge is 2.38. The Kier molecular flexibility index (Phi) is 9.00. The molecule has 1 unspecified atom stereocenters. The molecular weight excluding hydrogens is 522 g/mol. The van der Waals surface area contributed by atoms with Crippen molar-refractivity contribution in [2.24, 2.45) is 0 Å². The molecule has 2 amide bonds. The Morgan fingerprint density at radius 3 is 2.65 bits per heavy atom. The number of carbonyl (C=O) groups excluding carboxylic acids is 2. The van der Waals surface area contributed by atoms with Gasteiger partial charge in [0.25, 0.3) is 5.91 Å². The summed E-state index contributed by atoms with van der Waals surface area (Å²) in [5.41, 5.74) is 0.711. The van der Waals surface area contributed by atoms with Gasteiger partial charge in [-0.3, -0.25) is 9.59 Å². The number of carbonyl (C=O) groups is 2. The number of amides is 2. The molecular formula is C26H31Cl2FN4O4. The largest absolute Gasteiger partial charge is 0.484 e. The summed E-state index contributed by atoms with van der Waals surface area (Å²) in [5, 5.41) is 23.6. The minimum atomic E-state index is -0.853. The first kappa shape index (κ1) is 27.3. The molecule has 1 heterocycles. The van der Waals surface area contributed by atoms with Gasteiger partial charge in [-0.25, -0.2) is 4.39 Å². The summed E-state index contributed by atoms with van der Waals surface area (Å²) in [5.74, 6) is -0.512. The number of aliphatic hydroxyl groups is 1. The second-order valence-electron chi connectivity index (χ2n) is 9.62. The number of hydrogen-bond donors (Lipinski definition) is 5. The normalized spacial score (nSPS) is 19.0. The topological polar surface area (TPSA) is 112 Å². The average Bonchev–Trinajstić information content (AvgIpc) is 2.88. The van der Waals surface area contributed by atoms with E-state index >= 15 is 0 Å². The molecule has 0 bridgehead atoms. The molecule has 1 aliphatic carbocycles. The summed E-state index contributed by atoms with van der Waals surface area (Å²) >= 11 is 11.8. The van der Waals surface area contributed by atoms with E-state index in [1.54, 1.807) is 18.2 Å². The van der Waals surface area contributed by atoms with Crippen molar-refractivity contribution in [3.63, 3.8) is 0 Å². The highest BCUT2D eigenvalue weighted by Crippen LogP contribution is 2.33. The zero-order valence-electron chi connectivity index (χ0n) is 20.3. The lowest BCUT2D eigenvalue weighted by molar-refractivity contribution is -0.125. The smallest absolute Gasteiger partial charge is 0.258 e. The van der Waals surface area contributed by atoms with Crippen LogP contribution in [0.25, 0.3) is 0 Å². The molecule has 11 heteroatoms. The lowest BCUT2D eigenvalue weighted by atomic mass is 9.77. The molecule has 5 N–H and O–H groups in total. The molecule has 200 valence electrons. The van der Waals surface area contributed by atoms with Crippen LogP contribution in [0.3, 0.4) is 0 Å². The fourth-order valence-electron chi connectivity index (χ4n) is 4.88. The van der Waals surface area contributed by atoms with Gasteiger partial charge in [0, 0.05) is 24.7 Å². The van der Waals surface area contributed by atoms with Gasteiger partial charge in [0.1, 0.15) is 17.6 Å². The zero-order valence-corrected chi connectivity index (χ0v) is 21.8. The number of benzene rings is 2. The lowest BCUT2D eigenvalue weighted by Gasteiger charge is -2.41. The highest BCUT2D eigenvalue weighted by molar-refractivity contribution is 6.42. The van der Waals surface area contributed by atoms with E-state index < -0.39 is 17.7 Å². The summed E-state index contributed by atoms with van der Waals surface area (Å²) in [6, 6.07) is 8.51. The van der Waals surface area contributed by atoms with Crippen LogP contribution in [0.5, 0.6) is 5.75 Å². The predicted octanol–water partition coefficient (Wildman–Crippen LogP) is 4.10. The summed E-state index contributed by atoms with van der Waals surface area (Å²) in [6.45, 7) is 0.109. The van der Waals surface area contributed by atoms with Gasteiger partial charge in [-0.15, -0.1) is 0 Å². The Labute approximate surface area is 225 Å². The summed E-state index contributed by atoms with van der Waals surface area (Å²) < 4.78 is 18.9. The van der Waals surface area contributed by atoms with E-state index in [0.717, 1.165) is 32.1 Å². The van der Waals surface area contributed by atoms with Crippen LogP contribution in [-0.4, -0.2) is 54.3 Å². The molecule has 1 saturated carbocycles. The maximum absolute atomic E-state index is 13.5. The van der Waals surface area contributed by atoms with E-state index in [0.29, 0.717) is 40.1 Å². The Morgan fingerprint density at radius 2 is 1.89 bits per heavy atom. The third kappa shape index (κ3) is 7.40. The van der Waals surface area contributed by atoms with E-state index in [-0.39, 0.29) is 30.8 Å². The van der Waals surface area contributed by atoms with Crippen molar-refractivity contribution in [2.75, 3.05) is 30.3 Å². The first-order valence-corrected chi connectivity index (χ1v) is 13.1. The first-order valence-electron chi connectivity index (χ1n) is 12.4. The molecule has 37 heavy (non-hydrogen) atoms. The maximum atomic E-state index is 13.5. The van der Waals surface area contributed by atoms with Crippen LogP contribution in [0, 0.1) is 5.82 Å². The third-order valence-corrected chi connectivity index (χ3v) is 7.48. The van der Waals surface area contributed by atoms with E-state index in [1.807, 2.05) is 0 Å². The molecule has 4 rings (SSSR count). The molecule has 1 aliphatic heterocycles. The minimum Gasteiger partial charge on any atom is -0.484 e. The molecule has 0 aromatic heterocycles. The fraction of sp³-hybridized carbons (Fsp3) is 0.462. The lowest BCUT2D eigenvalue weighted by Crippen LogP contribution is -2.57. The number of hydrogen-bond acceptors (Lipinski definition) is 6. The maximum Gasteiger partial charge on any atom is 0.258 e. The van der Waals surface area contributed by atoms with Gasteiger partial charge >= 0.3 is 0 Å². The van der Waals surface area contributed by atoms with E-state index in [1.165, 1.54) is 18.2 Å². The quantitative estimate of drug-likeness (QED) is 0.320. The number of nitrogens with one attached hydrogen (secondary N) is 4. The van der Waals surface area contributed by atoms with Gasteiger partial charge in [-0.1, -0.05) is 42.5 Å². The van der Waals surface area contributed by atoms with Crippen molar-refractivity contribution in [1.82, 2.24) is 10.6 Å². The number of anilines is 2. The standard InChI is InChI=1S/C26H31Cl2FN4O4/c27-19-6-5-18(11-20(19)28)37-15-24(35)31-13-17(34)12-26(8-2-1-3-9-26)33-25(36)23-14-30-22-10-16(29)4-7-21(22)32-23/h4-7,10-11,17,23,30,32,34H,1-3,8-9,12-15H2,(H,31,35)(H,33,36)/t17-,23?/m0/s1. The number of aliphatic hydroxyl groups excluding tert-OH is 1. The first-order chi connectivity index (χ1) is 17.7. The Balaban J connectivity index is 1.28. The van der Waals surface area contributed by atoms with Gasteiger partial charge in [0.05, 0.1) is 27.5 Å². The Morgan fingerprint density at radius 1 is 1.11 bits per heavy atom. The number of fused-ring (bicyclic) bond motifs is 1. The van der Waals surface area contributed by atoms with Gasteiger partial charge in [0.2, 0.25) is 5.91 Å². The molecule has 0 spiro atoms. The van der Waals surface area contributed by atoms with Crippen LogP contribution >= 0.6 is 23.2 Å². The van der Waals surface area contributed by atoms with E-state index in [2.05, 4.69) is 21.3 Å². The third-order valence-electron chi connectivity index (χ3n) is 6.75. The molecule has 8 nitrogen and oxygen atoms in total. The van der Waals surface area contributed by atoms with Gasteiger partial charge in [0.15, 0.2) is 6.61 Å². The SMILES string of the molecule is O=C(COc1ccc(Cl)c(Cl)c1)NC[C@@H](O)CC1(NC(=O)C2CNc3cc(F)ccc3N2)CCCCC1. The van der Waals surface area contributed by atoms with Crippen LogP contribution < -0.4 is 26.0 Å². The average molecular weight is 553 g/mol. The predicted molar refractivity (Wildman–Crippen MR) is 142 cm³/mol. The Hall–Kier alpha value is -2.75. The molecule has 2 atom stereocenters. The van der Waals surface area contributed by atoms with Crippen LogP contribution in [0.2, 0.25) is 10.0 Å². The van der Waals surface area contributed by atoms with Crippen molar-refractivity contribution < 1.29 is 23.8 Å². The zero-order chi connectivity index (χ0) is 26.4. The van der Waals surface area contributed by atoms with Crippen molar-refractivity contribution in [1.29, 1.82) is 0 Å². The second kappa shape index (κ2) is 12.2. The van der Waals surface area contributed by atoms with Crippen LogP contribution in [0.4, 0.5) is 15.8 Å². The van der Waals surface area contributed by atoms with Crippen LogP contribution in [-0.2, 0) is 9.59 Å².